The van der Waals surface area contributed by atoms with Gasteiger partial charge in [0, 0.05) is 17.2 Å². The minimum atomic E-state index is 0.0108. The molecule has 3 N–H and O–H groups in total. The number of H-pyrrole nitrogens is 1. The van der Waals surface area contributed by atoms with Crippen LogP contribution in [0.15, 0.2) is 12.4 Å². The summed E-state index contributed by atoms with van der Waals surface area (Å²) in [7, 11) is 0. The molecule has 1 fully saturated rings. The molecule has 1 aromatic heterocycles. The van der Waals surface area contributed by atoms with E-state index < -0.39 is 0 Å². The average Bonchev–Trinajstić information content (AvgIpc) is 2.59. The number of aromatic nitrogens is 2. The molecule has 1 aromatic rings. The molecule has 0 aromatic carbocycles. The lowest BCUT2D eigenvalue weighted by atomic mass is 9.77. The third-order valence-electron chi connectivity index (χ3n) is 3.25. The van der Waals surface area contributed by atoms with Crippen LogP contribution in [0.25, 0.3) is 0 Å². The summed E-state index contributed by atoms with van der Waals surface area (Å²) < 4.78 is 0. The maximum atomic E-state index is 6.17. The van der Waals surface area contributed by atoms with Gasteiger partial charge >= 0.3 is 0 Å². The quantitative estimate of drug-likeness (QED) is 0.691. The summed E-state index contributed by atoms with van der Waals surface area (Å²) in [6.45, 7) is 4.37. The Morgan fingerprint density at radius 3 is 2.67 bits per heavy atom. The predicted molar refractivity (Wildman–Crippen MR) is 47.8 cm³/mol. The monoisotopic (exact) mass is 165 g/mol. The van der Waals surface area contributed by atoms with Gasteiger partial charge in [0.2, 0.25) is 0 Å². The first-order chi connectivity index (χ1) is 5.56. The van der Waals surface area contributed by atoms with Gasteiger partial charge in [0.05, 0.1) is 6.20 Å². The van der Waals surface area contributed by atoms with E-state index in [1.54, 1.807) is 0 Å². The predicted octanol–water partition coefficient (Wildman–Crippen LogP) is 1.18. The Balaban J connectivity index is 2.33. The van der Waals surface area contributed by atoms with Crippen LogP contribution in [0.4, 0.5) is 0 Å². The van der Waals surface area contributed by atoms with E-state index in [0.29, 0.717) is 0 Å². The zero-order valence-electron chi connectivity index (χ0n) is 7.59. The molecule has 1 aliphatic rings. The molecule has 66 valence electrons. The molecule has 1 heterocycles. The van der Waals surface area contributed by atoms with Crippen molar-refractivity contribution in [1.82, 2.24) is 10.2 Å². The lowest BCUT2D eigenvalue weighted by Crippen LogP contribution is -2.43. The summed E-state index contributed by atoms with van der Waals surface area (Å²) in [6.07, 6.45) is 6.07. The molecule has 0 unspecified atom stereocenters. The van der Waals surface area contributed by atoms with Crippen molar-refractivity contribution in [2.75, 3.05) is 0 Å². The van der Waals surface area contributed by atoms with E-state index in [1.807, 2.05) is 12.4 Å². The van der Waals surface area contributed by atoms with E-state index in [0.717, 1.165) is 12.8 Å². The molecule has 1 aliphatic carbocycles. The third kappa shape index (κ3) is 0.894. The summed E-state index contributed by atoms with van der Waals surface area (Å²) in [5.74, 6) is 0. The number of rotatable bonds is 2. The van der Waals surface area contributed by atoms with E-state index in [2.05, 4.69) is 24.0 Å². The normalized spacial score (nSPS) is 20.9. The summed E-state index contributed by atoms with van der Waals surface area (Å²) in [5, 5.41) is 6.78. The fourth-order valence-corrected chi connectivity index (χ4v) is 1.64. The Morgan fingerprint density at radius 2 is 2.25 bits per heavy atom. The standard InChI is InChI=1S/C9H15N3/c1-8(2,9(10)3-4-9)7-5-11-12-6-7/h5-6H,3-4,10H2,1-2H3,(H,11,12). The van der Waals surface area contributed by atoms with Crippen molar-refractivity contribution in [3.05, 3.63) is 18.0 Å². The highest BCUT2D eigenvalue weighted by atomic mass is 15.1. The Labute approximate surface area is 72.4 Å². The van der Waals surface area contributed by atoms with Crippen LogP contribution in [0.2, 0.25) is 0 Å². The van der Waals surface area contributed by atoms with Crippen molar-refractivity contribution < 1.29 is 0 Å². The van der Waals surface area contributed by atoms with Crippen molar-refractivity contribution in [2.45, 2.75) is 37.6 Å². The van der Waals surface area contributed by atoms with Crippen LogP contribution < -0.4 is 5.73 Å². The van der Waals surface area contributed by atoms with Gasteiger partial charge in [-0.15, -0.1) is 0 Å². The molecule has 3 nitrogen and oxygen atoms in total. The Hall–Kier alpha value is -0.830. The van der Waals surface area contributed by atoms with Crippen LogP contribution in [-0.2, 0) is 5.41 Å². The molecule has 0 amide bonds. The van der Waals surface area contributed by atoms with Gasteiger partial charge in [-0.3, -0.25) is 5.10 Å². The van der Waals surface area contributed by atoms with Crippen LogP contribution in [-0.4, -0.2) is 15.7 Å². The highest BCUT2D eigenvalue weighted by Crippen LogP contribution is 2.48. The SMILES string of the molecule is CC(C)(c1cn[nH]c1)C1(N)CC1. The second-order valence-electron chi connectivity index (χ2n) is 4.27. The lowest BCUT2D eigenvalue weighted by Gasteiger charge is -2.30. The smallest absolute Gasteiger partial charge is 0.0525 e. The Bertz CT molecular complexity index is 270. The molecule has 0 atom stereocenters. The van der Waals surface area contributed by atoms with Crippen molar-refractivity contribution in [1.29, 1.82) is 0 Å². The molecule has 3 heteroatoms. The van der Waals surface area contributed by atoms with E-state index in [1.165, 1.54) is 5.56 Å². The van der Waals surface area contributed by atoms with E-state index in [9.17, 15) is 0 Å². The molecule has 0 aliphatic heterocycles. The highest BCUT2D eigenvalue weighted by Gasteiger charge is 2.52. The van der Waals surface area contributed by atoms with Crippen molar-refractivity contribution in [3.63, 3.8) is 0 Å². The fraction of sp³-hybridized carbons (Fsp3) is 0.667. The molecular weight excluding hydrogens is 150 g/mol. The summed E-state index contributed by atoms with van der Waals surface area (Å²) >= 11 is 0. The van der Waals surface area contributed by atoms with Crippen molar-refractivity contribution in [3.8, 4) is 0 Å². The maximum absolute atomic E-state index is 6.17. The number of hydrogen-bond donors (Lipinski definition) is 2. The van der Waals surface area contributed by atoms with Crippen LogP contribution in [0.5, 0.6) is 0 Å². The Kier molecular flexibility index (Phi) is 1.37. The van der Waals surface area contributed by atoms with Gasteiger partial charge in [-0.25, -0.2) is 0 Å². The van der Waals surface area contributed by atoms with Crippen LogP contribution in [0.1, 0.15) is 32.3 Å². The molecular formula is C9H15N3. The minimum absolute atomic E-state index is 0.0108. The number of nitrogens with one attached hydrogen (secondary N) is 1. The van der Waals surface area contributed by atoms with Gasteiger partial charge < -0.3 is 5.73 Å². The van der Waals surface area contributed by atoms with Crippen molar-refractivity contribution >= 4 is 0 Å². The molecule has 12 heavy (non-hydrogen) atoms. The van der Waals surface area contributed by atoms with Gasteiger partial charge in [-0.05, 0) is 18.4 Å². The summed E-state index contributed by atoms with van der Waals surface area (Å²) in [4.78, 5) is 0. The number of aromatic amines is 1. The highest BCUT2D eigenvalue weighted by molar-refractivity contribution is 5.28. The maximum Gasteiger partial charge on any atom is 0.0525 e. The van der Waals surface area contributed by atoms with E-state index in [-0.39, 0.29) is 11.0 Å². The third-order valence-corrected chi connectivity index (χ3v) is 3.25. The van der Waals surface area contributed by atoms with E-state index >= 15 is 0 Å². The van der Waals surface area contributed by atoms with Gasteiger partial charge in [0.25, 0.3) is 0 Å². The first-order valence-electron chi connectivity index (χ1n) is 4.34. The number of hydrogen-bond acceptors (Lipinski definition) is 2. The zero-order valence-corrected chi connectivity index (χ0v) is 7.59. The molecule has 0 spiro atoms. The molecule has 0 saturated heterocycles. The van der Waals surface area contributed by atoms with Gasteiger partial charge in [-0.2, -0.15) is 5.10 Å². The molecule has 2 rings (SSSR count). The first-order valence-corrected chi connectivity index (χ1v) is 4.34. The Morgan fingerprint density at radius 1 is 1.58 bits per heavy atom. The molecule has 0 bridgehead atoms. The van der Waals surface area contributed by atoms with Crippen molar-refractivity contribution in [2.24, 2.45) is 5.73 Å². The van der Waals surface area contributed by atoms with Gasteiger partial charge in [-0.1, -0.05) is 13.8 Å². The van der Waals surface area contributed by atoms with E-state index in [4.69, 9.17) is 5.73 Å². The topological polar surface area (TPSA) is 54.7 Å². The largest absolute Gasteiger partial charge is 0.324 e. The minimum Gasteiger partial charge on any atom is -0.324 e. The fourth-order valence-electron chi connectivity index (χ4n) is 1.64. The van der Waals surface area contributed by atoms with Gasteiger partial charge in [0.15, 0.2) is 0 Å². The number of nitrogens with zero attached hydrogens (tertiary/aromatic N) is 1. The van der Waals surface area contributed by atoms with Crippen LogP contribution >= 0.6 is 0 Å². The second kappa shape index (κ2) is 2.10. The molecule has 1 saturated carbocycles. The zero-order chi connectivity index (χ0) is 8.82. The first kappa shape index (κ1) is 7.80. The number of nitrogens with two attached hydrogens (primary N) is 1. The van der Waals surface area contributed by atoms with Gasteiger partial charge in [0.1, 0.15) is 0 Å². The summed E-state index contributed by atoms with van der Waals surface area (Å²) in [5.41, 5.74) is 7.45. The summed E-state index contributed by atoms with van der Waals surface area (Å²) in [6, 6.07) is 0. The van der Waals surface area contributed by atoms with Crippen LogP contribution in [0, 0.1) is 0 Å². The lowest BCUT2D eigenvalue weighted by molar-refractivity contribution is 0.391. The van der Waals surface area contributed by atoms with Crippen LogP contribution in [0.3, 0.4) is 0 Å². The average molecular weight is 165 g/mol. The molecule has 0 radical (unpaired) electrons. The second-order valence-corrected chi connectivity index (χ2v) is 4.27.